The molecule has 1 heterocycles. The van der Waals surface area contributed by atoms with E-state index in [1.165, 1.54) is 16.3 Å². The molecular formula is C17H19NO2. The number of esters is 1. The topological polar surface area (TPSA) is 29.5 Å². The molecule has 0 aliphatic carbocycles. The number of hydrogen-bond donors (Lipinski definition) is 0. The Morgan fingerprint density at radius 1 is 1.20 bits per heavy atom. The molecule has 0 saturated carbocycles. The highest BCUT2D eigenvalue weighted by Crippen LogP contribution is 2.22. The molecule has 0 amide bonds. The molecule has 2 aromatic rings. The number of cyclic esters (lactones) is 1. The van der Waals surface area contributed by atoms with Crippen LogP contribution in [0.25, 0.3) is 10.8 Å². The first kappa shape index (κ1) is 13.1. The molecule has 3 rings (SSSR count). The lowest BCUT2D eigenvalue weighted by atomic mass is 10.1. The molecule has 0 bridgehead atoms. The highest BCUT2D eigenvalue weighted by Gasteiger charge is 2.34. The Bertz CT molecular complexity index is 638. The van der Waals surface area contributed by atoms with Gasteiger partial charge in [0.1, 0.15) is 12.1 Å². The minimum atomic E-state index is -0.114. The van der Waals surface area contributed by atoms with Gasteiger partial charge in [0.25, 0.3) is 0 Å². The van der Waals surface area contributed by atoms with Crippen molar-refractivity contribution in [2.75, 3.05) is 7.05 Å². The van der Waals surface area contributed by atoms with E-state index < -0.39 is 0 Å². The number of carbonyl (C=O) groups is 1. The highest BCUT2D eigenvalue weighted by atomic mass is 16.6. The largest absolute Gasteiger partial charge is 0.461 e. The molecule has 0 N–H and O–H groups in total. The second-order valence-electron chi connectivity index (χ2n) is 5.60. The van der Waals surface area contributed by atoms with Crippen molar-refractivity contribution in [2.45, 2.75) is 32.0 Å². The molecule has 2 unspecified atom stereocenters. The SMILES string of the molecule is CC1CC(N(C)Cc2ccc3ccccc3c2)C(=O)O1. The van der Waals surface area contributed by atoms with Gasteiger partial charge < -0.3 is 4.74 Å². The third-order valence-electron chi connectivity index (χ3n) is 3.92. The lowest BCUT2D eigenvalue weighted by Gasteiger charge is -2.21. The smallest absolute Gasteiger partial charge is 0.323 e. The quantitative estimate of drug-likeness (QED) is 0.802. The molecule has 0 aromatic heterocycles. The summed E-state index contributed by atoms with van der Waals surface area (Å²) in [4.78, 5) is 13.8. The van der Waals surface area contributed by atoms with E-state index in [0.29, 0.717) is 0 Å². The Hall–Kier alpha value is -1.87. The van der Waals surface area contributed by atoms with E-state index in [1.807, 2.05) is 26.1 Å². The monoisotopic (exact) mass is 269 g/mol. The Kier molecular flexibility index (Phi) is 3.45. The first-order valence-electron chi connectivity index (χ1n) is 7.02. The zero-order valence-electron chi connectivity index (χ0n) is 11.9. The summed E-state index contributed by atoms with van der Waals surface area (Å²) in [7, 11) is 1.99. The van der Waals surface area contributed by atoms with Crippen molar-refractivity contribution in [1.29, 1.82) is 0 Å². The third-order valence-corrected chi connectivity index (χ3v) is 3.92. The molecule has 20 heavy (non-hydrogen) atoms. The molecular weight excluding hydrogens is 250 g/mol. The van der Waals surface area contributed by atoms with Crippen LogP contribution in [-0.4, -0.2) is 30.1 Å². The van der Waals surface area contributed by atoms with Gasteiger partial charge >= 0.3 is 5.97 Å². The average molecular weight is 269 g/mol. The maximum atomic E-state index is 11.8. The van der Waals surface area contributed by atoms with Gasteiger partial charge in [-0.15, -0.1) is 0 Å². The fraction of sp³-hybridized carbons (Fsp3) is 0.353. The van der Waals surface area contributed by atoms with Crippen LogP contribution in [0.4, 0.5) is 0 Å². The van der Waals surface area contributed by atoms with Crippen LogP contribution in [0.3, 0.4) is 0 Å². The molecule has 1 aliphatic heterocycles. The highest BCUT2D eigenvalue weighted by molar-refractivity contribution is 5.83. The van der Waals surface area contributed by atoms with Crippen LogP contribution in [-0.2, 0) is 16.1 Å². The van der Waals surface area contributed by atoms with E-state index >= 15 is 0 Å². The Balaban J connectivity index is 1.77. The van der Waals surface area contributed by atoms with Crippen molar-refractivity contribution < 1.29 is 9.53 Å². The predicted molar refractivity (Wildman–Crippen MR) is 79.4 cm³/mol. The Morgan fingerprint density at radius 2 is 1.95 bits per heavy atom. The van der Waals surface area contributed by atoms with Crippen LogP contribution >= 0.6 is 0 Å². The van der Waals surface area contributed by atoms with Crippen LogP contribution in [0.15, 0.2) is 42.5 Å². The standard InChI is InChI=1S/C17H19NO2/c1-12-9-16(17(19)20-12)18(2)11-13-7-8-14-5-3-4-6-15(14)10-13/h3-8,10,12,16H,9,11H2,1-2H3. The summed E-state index contributed by atoms with van der Waals surface area (Å²) in [6, 6.07) is 14.7. The number of ether oxygens (including phenoxy) is 1. The number of nitrogens with zero attached hydrogens (tertiary/aromatic N) is 1. The minimum absolute atomic E-state index is 0.0338. The first-order valence-corrected chi connectivity index (χ1v) is 7.02. The van der Waals surface area contributed by atoms with Crippen molar-refractivity contribution in [1.82, 2.24) is 4.90 Å². The second kappa shape index (κ2) is 5.25. The molecule has 1 saturated heterocycles. The zero-order valence-corrected chi connectivity index (χ0v) is 11.9. The molecule has 0 spiro atoms. The molecule has 3 nitrogen and oxygen atoms in total. The summed E-state index contributed by atoms with van der Waals surface area (Å²) in [5, 5.41) is 2.48. The summed E-state index contributed by atoms with van der Waals surface area (Å²) in [6.45, 7) is 2.71. The van der Waals surface area contributed by atoms with Gasteiger partial charge in [-0.1, -0.05) is 36.4 Å². The van der Waals surface area contributed by atoms with Crippen LogP contribution in [0.5, 0.6) is 0 Å². The van der Waals surface area contributed by atoms with Gasteiger partial charge in [0.05, 0.1) is 0 Å². The van der Waals surface area contributed by atoms with Crippen molar-refractivity contribution in [2.24, 2.45) is 0 Å². The van der Waals surface area contributed by atoms with Gasteiger partial charge in [-0.25, -0.2) is 0 Å². The van der Waals surface area contributed by atoms with Crippen molar-refractivity contribution in [3.63, 3.8) is 0 Å². The minimum Gasteiger partial charge on any atom is -0.461 e. The number of rotatable bonds is 3. The first-order chi connectivity index (χ1) is 9.63. The Labute approximate surface area is 119 Å². The lowest BCUT2D eigenvalue weighted by Crippen LogP contribution is -2.34. The third kappa shape index (κ3) is 2.54. The van der Waals surface area contributed by atoms with E-state index in [9.17, 15) is 4.79 Å². The van der Waals surface area contributed by atoms with E-state index in [1.54, 1.807) is 0 Å². The van der Waals surface area contributed by atoms with Crippen LogP contribution in [0.1, 0.15) is 18.9 Å². The zero-order chi connectivity index (χ0) is 14.1. The van der Waals surface area contributed by atoms with Gasteiger partial charge in [0, 0.05) is 13.0 Å². The summed E-state index contributed by atoms with van der Waals surface area (Å²) in [5.74, 6) is -0.0965. The molecule has 2 atom stereocenters. The summed E-state index contributed by atoms with van der Waals surface area (Å²) < 4.78 is 5.22. The normalized spacial score (nSPS) is 22.4. The van der Waals surface area contributed by atoms with Crippen molar-refractivity contribution >= 4 is 16.7 Å². The van der Waals surface area contributed by atoms with Crippen LogP contribution < -0.4 is 0 Å². The summed E-state index contributed by atoms with van der Waals surface area (Å²) >= 11 is 0. The average Bonchev–Trinajstić information content (AvgIpc) is 2.78. The van der Waals surface area contributed by atoms with E-state index in [2.05, 4.69) is 35.2 Å². The number of carbonyl (C=O) groups excluding carboxylic acids is 1. The van der Waals surface area contributed by atoms with Gasteiger partial charge in [-0.05, 0) is 36.4 Å². The Morgan fingerprint density at radius 3 is 2.65 bits per heavy atom. The van der Waals surface area contributed by atoms with Crippen molar-refractivity contribution in [3.8, 4) is 0 Å². The second-order valence-corrected chi connectivity index (χ2v) is 5.60. The molecule has 3 heteroatoms. The lowest BCUT2D eigenvalue weighted by molar-refractivity contribution is -0.144. The van der Waals surface area contributed by atoms with Gasteiger partial charge in [0.2, 0.25) is 0 Å². The summed E-state index contributed by atoms with van der Waals surface area (Å²) in [5.41, 5.74) is 1.22. The van der Waals surface area contributed by atoms with Crippen LogP contribution in [0.2, 0.25) is 0 Å². The predicted octanol–water partition coefficient (Wildman–Crippen LogP) is 2.98. The molecule has 2 aromatic carbocycles. The van der Waals surface area contributed by atoms with E-state index in [4.69, 9.17) is 4.74 Å². The van der Waals surface area contributed by atoms with Crippen molar-refractivity contribution in [3.05, 3.63) is 48.0 Å². The van der Waals surface area contributed by atoms with Gasteiger partial charge in [0.15, 0.2) is 0 Å². The summed E-state index contributed by atoms with van der Waals surface area (Å²) in [6.07, 6.45) is 0.815. The fourth-order valence-electron chi connectivity index (χ4n) is 2.83. The molecule has 1 fully saturated rings. The number of fused-ring (bicyclic) bond motifs is 1. The van der Waals surface area contributed by atoms with Crippen LogP contribution in [0, 0.1) is 0 Å². The maximum absolute atomic E-state index is 11.8. The molecule has 0 radical (unpaired) electrons. The molecule has 104 valence electrons. The number of benzene rings is 2. The van der Waals surface area contributed by atoms with Gasteiger partial charge in [-0.3, -0.25) is 9.69 Å². The number of hydrogen-bond acceptors (Lipinski definition) is 3. The number of likely N-dealkylation sites (N-methyl/N-ethyl adjacent to an activating group) is 1. The molecule has 1 aliphatic rings. The van der Waals surface area contributed by atoms with E-state index in [0.717, 1.165) is 13.0 Å². The maximum Gasteiger partial charge on any atom is 0.323 e. The fourth-order valence-corrected chi connectivity index (χ4v) is 2.83. The van der Waals surface area contributed by atoms with Gasteiger partial charge in [-0.2, -0.15) is 0 Å². The van der Waals surface area contributed by atoms with E-state index in [-0.39, 0.29) is 18.1 Å².